The number of hydrogen-bond donors (Lipinski definition) is 1. The van der Waals surface area contributed by atoms with Crippen molar-refractivity contribution in [2.75, 3.05) is 5.32 Å². The number of nitrogens with one attached hydrogen (secondary N) is 1. The summed E-state index contributed by atoms with van der Waals surface area (Å²) < 4.78 is 14.6. The molecule has 5 heteroatoms. The maximum atomic E-state index is 13.5. The Morgan fingerprint density at radius 1 is 1.41 bits per heavy atom. The number of halogens is 2. The van der Waals surface area contributed by atoms with E-state index >= 15 is 0 Å². The van der Waals surface area contributed by atoms with Crippen LogP contribution in [0.3, 0.4) is 0 Å². The van der Waals surface area contributed by atoms with E-state index in [0.29, 0.717) is 17.8 Å². The molecule has 0 aliphatic carbocycles. The van der Waals surface area contributed by atoms with Gasteiger partial charge in [-0.2, -0.15) is 5.26 Å². The predicted octanol–water partition coefficient (Wildman–Crippen LogP) is 4.13. The number of nitriles is 1. The molecule has 86 valence electrons. The summed E-state index contributed by atoms with van der Waals surface area (Å²) in [5.41, 5.74) is 0.731. The van der Waals surface area contributed by atoms with Gasteiger partial charge in [-0.25, -0.2) is 4.39 Å². The molecule has 0 fully saturated rings. The van der Waals surface area contributed by atoms with E-state index in [4.69, 9.17) is 5.26 Å². The van der Waals surface area contributed by atoms with Crippen molar-refractivity contribution >= 4 is 33.0 Å². The number of nitrogens with zero attached hydrogens (tertiary/aromatic N) is 1. The molecular weight excluding hydrogens is 303 g/mol. The lowest BCUT2D eigenvalue weighted by Crippen LogP contribution is -2.00. The Bertz CT molecular complexity index is 574. The van der Waals surface area contributed by atoms with Crippen molar-refractivity contribution in [3.8, 4) is 6.07 Å². The van der Waals surface area contributed by atoms with Gasteiger partial charge in [0.1, 0.15) is 5.82 Å². The summed E-state index contributed by atoms with van der Waals surface area (Å²) in [4.78, 5) is 1.11. The Kier molecular flexibility index (Phi) is 3.77. The van der Waals surface area contributed by atoms with Crippen LogP contribution in [0.15, 0.2) is 34.1 Å². The van der Waals surface area contributed by atoms with E-state index in [1.807, 2.05) is 17.5 Å². The van der Waals surface area contributed by atoms with E-state index in [0.717, 1.165) is 9.35 Å². The molecule has 2 aromatic rings. The Morgan fingerprint density at radius 3 is 2.82 bits per heavy atom. The molecule has 0 unspecified atom stereocenters. The lowest BCUT2D eigenvalue weighted by Gasteiger charge is -2.06. The van der Waals surface area contributed by atoms with Gasteiger partial charge < -0.3 is 5.32 Å². The van der Waals surface area contributed by atoms with Crippen molar-refractivity contribution in [3.05, 3.63) is 50.4 Å². The minimum Gasteiger partial charge on any atom is -0.378 e. The van der Waals surface area contributed by atoms with Crippen LogP contribution < -0.4 is 5.32 Å². The summed E-state index contributed by atoms with van der Waals surface area (Å²) in [6.45, 7) is 0.557. The first-order chi connectivity index (χ1) is 8.20. The molecule has 0 bridgehead atoms. The van der Waals surface area contributed by atoms with Crippen molar-refractivity contribution < 1.29 is 4.39 Å². The fourth-order valence-electron chi connectivity index (χ4n) is 1.35. The van der Waals surface area contributed by atoms with Gasteiger partial charge in [-0.15, -0.1) is 11.3 Å². The standard InChI is InChI=1S/C12H8BrFN2S/c13-9-3-4-17-12(9)7-16-11-2-1-8(6-15)5-10(11)14/h1-5,16H,7H2. The van der Waals surface area contributed by atoms with Crippen molar-refractivity contribution in [1.82, 2.24) is 0 Å². The molecule has 0 aliphatic rings. The first kappa shape index (κ1) is 12.1. The zero-order valence-electron chi connectivity index (χ0n) is 8.71. The second-order valence-corrected chi connectivity index (χ2v) is 5.21. The van der Waals surface area contributed by atoms with Crippen molar-refractivity contribution in [2.24, 2.45) is 0 Å². The molecule has 0 radical (unpaired) electrons. The van der Waals surface area contributed by atoms with Crippen LogP contribution in [0.25, 0.3) is 0 Å². The topological polar surface area (TPSA) is 35.8 Å². The molecule has 2 nitrogen and oxygen atoms in total. The highest BCUT2D eigenvalue weighted by Crippen LogP contribution is 2.24. The molecule has 0 spiro atoms. The lowest BCUT2D eigenvalue weighted by atomic mass is 10.2. The van der Waals surface area contributed by atoms with Crippen LogP contribution in [0, 0.1) is 17.1 Å². The van der Waals surface area contributed by atoms with Crippen LogP contribution >= 0.6 is 27.3 Å². The minimum absolute atomic E-state index is 0.324. The van der Waals surface area contributed by atoms with Crippen LogP contribution in [0.1, 0.15) is 10.4 Å². The van der Waals surface area contributed by atoms with Crippen molar-refractivity contribution in [2.45, 2.75) is 6.54 Å². The molecular formula is C12H8BrFN2S. The average Bonchev–Trinajstić information content (AvgIpc) is 2.73. The Labute approximate surface area is 111 Å². The summed E-state index contributed by atoms with van der Waals surface area (Å²) in [7, 11) is 0. The second kappa shape index (κ2) is 5.30. The van der Waals surface area contributed by atoms with E-state index in [2.05, 4.69) is 21.2 Å². The van der Waals surface area contributed by atoms with Gasteiger partial charge in [0.25, 0.3) is 0 Å². The van der Waals surface area contributed by atoms with E-state index in [9.17, 15) is 4.39 Å². The molecule has 0 saturated heterocycles. The molecule has 17 heavy (non-hydrogen) atoms. The van der Waals surface area contributed by atoms with Crippen LogP contribution in [0.4, 0.5) is 10.1 Å². The molecule has 2 rings (SSSR count). The predicted molar refractivity (Wildman–Crippen MR) is 70.5 cm³/mol. The van der Waals surface area contributed by atoms with Gasteiger partial charge >= 0.3 is 0 Å². The second-order valence-electron chi connectivity index (χ2n) is 3.35. The van der Waals surface area contributed by atoms with Crippen molar-refractivity contribution in [3.63, 3.8) is 0 Å². The van der Waals surface area contributed by atoms with Gasteiger partial charge in [-0.05, 0) is 45.6 Å². The SMILES string of the molecule is N#Cc1ccc(NCc2sccc2Br)c(F)c1. The zero-order chi connectivity index (χ0) is 12.3. The van der Waals surface area contributed by atoms with E-state index < -0.39 is 5.82 Å². The van der Waals surface area contributed by atoms with Crippen LogP contribution in [0.2, 0.25) is 0 Å². The lowest BCUT2D eigenvalue weighted by molar-refractivity contribution is 0.629. The van der Waals surface area contributed by atoms with Crippen LogP contribution in [-0.4, -0.2) is 0 Å². The fraction of sp³-hybridized carbons (Fsp3) is 0.0833. The van der Waals surface area contributed by atoms with Crippen LogP contribution in [0.5, 0.6) is 0 Å². The molecule has 0 atom stereocenters. The van der Waals surface area contributed by atoms with Gasteiger partial charge in [-0.1, -0.05) is 0 Å². The first-order valence-corrected chi connectivity index (χ1v) is 6.53. The Hall–Kier alpha value is -1.38. The third kappa shape index (κ3) is 2.84. The number of hydrogen-bond acceptors (Lipinski definition) is 3. The normalized spacial score (nSPS) is 9.94. The monoisotopic (exact) mass is 310 g/mol. The molecule has 0 aliphatic heterocycles. The Morgan fingerprint density at radius 2 is 2.24 bits per heavy atom. The number of anilines is 1. The highest BCUT2D eigenvalue weighted by atomic mass is 79.9. The molecule has 1 aromatic heterocycles. The van der Waals surface area contributed by atoms with E-state index in [-0.39, 0.29) is 0 Å². The molecule has 1 N–H and O–H groups in total. The van der Waals surface area contributed by atoms with E-state index in [1.54, 1.807) is 23.5 Å². The number of benzene rings is 1. The number of rotatable bonds is 3. The first-order valence-electron chi connectivity index (χ1n) is 4.86. The maximum absolute atomic E-state index is 13.5. The summed E-state index contributed by atoms with van der Waals surface area (Å²) in [6.07, 6.45) is 0. The highest BCUT2D eigenvalue weighted by molar-refractivity contribution is 9.10. The quantitative estimate of drug-likeness (QED) is 0.925. The largest absolute Gasteiger partial charge is 0.378 e. The smallest absolute Gasteiger partial charge is 0.147 e. The van der Waals surface area contributed by atoms with Gasteiger partial charge in [-0.3, -0.25) is 0 Å². The van der Waals surface area contributed by atoms with Gasteiger partial charge in [0, 0.05) is 9.35 Å². The maximum Gasteiger partial charge on any atom is 0.147 e. The van der Waals surface area contributed by atoms with Crippen LogP contribution in [-0.2, 0) is 6.54 Å². The number of thiophene rings is 1. The van der Waals surface area contributed by atoms with Gasteiger partial charge in [0.2, 0.25) is 0 Å². The Balaban J connectivity index is 2.10. The highest BCUT2D eigenvalue weighted by Gasteiger charge is 2.05. The summed E-state index contributed by atoms with van der Waals surface area (Å²) >= 11 is 5.01. The summed E-state index contributed by atoms with van der Waals surface area (Å²) in [5, 5.41) is 13.6. The molecule has 0 saturated carbocycles. The fourth-order valence-corrected chi connectivity index (χ4v) is 2.79. The third-order valence-electron chi connectivity index (χ3n) is 2.23. The average molecular weight is 311 g/mol. The summed E-state index contributed by atoms with van der Waals surface area (Å²) in [5.74, 6) is -0.406. The third-order valence-corrected chi connectivity index (χ3v) is 4.15. The van der Waals surface area contributed by atoms with Gasteiger partial charge in [0.05, 0.1) is 23.9 Å². The minimum atomic E-state index is -0.406. The molecule has 0 amide bonds. The summed E-state index contributed by atoms with van der Waals surface area (Å²) in [6, 6.07) is 8.25. The molecule has 1 heterocycles. The van der Waals surface area contributed by atoms with Gasteiger partial charge in [0.15, 0.2) is 0 Å². The molecule has 1 aromatic carbocycles. The van der Waals surface area contributed by atoms with Crippen molar-refractivity contribution in [1.29, 1.82) is 5.26 Å². The zero-order valence-corrected chi connectivity index (χ0v) is 11.1. The van der Waals surface area contributed by atoms with E-state index in [1.165, 1.54) is 6.07 Å².